The number of nitrogens with zero attached hydrogens (tertiary/aromatic N) is 1. The van der Waals surface area contributed by atoms with E-state index in [2.05, 4.69) is 5.32 Å². The van der Waals surface area contributed by atoms with Crippen molar-refractivity contribution >= 4 is 44.0 Å². The molecule has 0 heterocycles. The largest absolute Gasteiger partial charge is 0.482 e. The molecule has 1 N–H and O–H groups in total. The minimum atomic E-state index is -3.80. The van der Waals surface area contributed by atoms with Crippen LogP contribution < -0.4 is 10.1 Å². The Morgan fingerprint density at radius 3 is 2.47 bits per heavy atom. The average molecular weight is 447 g/mol. The molecule has 0 aliphatic carbocycles. The summed E-state index contributed by atoms with van der Waals surface area (Å²) in [6.45, 7) is 3.79. The molecule has 0 radical (unpaired) electrons. The van der Waals surface area contributed by atoms with Crippen molar-refractivity contribution in [1.29, 1.82) is 0 Å². The summed E-state index contributed by atoms with van der Waals surface area (Å²) in [5.74, 6) is -0.313. The molecule has 0 aromatic heterocycles. The Morgan fingerprint density at radius 2 is 1.73 bits per heavy atom. The highest BCUT2D eigenvalue weighted by Gasteiger charge is 2.26. The van der Waals surface area contributed by atoms with Gasteiger partial charge in [-0.15, -0.1) is 0 Å². The monoisotopic (exact) mass is 446 g/mol. The second-order valence-electron chi connectivity index (χ2n) is 6.54. The smallest absolute Gasteiger partial charge is 0.262 e. The van der Waals surface area contributed by atoms with Gasteiger partial charge in [0.1, 0.15) is 10.6 Å². The molecule has 3 aromatic rings. The van der Waals surface area contributed by atoms with Crippen molar-refractivity contribution in [3.05, 3.63) is 65.7 Å². The summed E-state index contributed by atoms with van der Waals surface area (Å²) >= 11 is 6.02. The molecule has 0 spiro atoms. The van der Waals surface area contributed by atoms with Gasteiger partial charge in [0.05, 0.1) is 0 Å². The summed E-state index contributed by atoms with van der Waals surface area (Å²) in [5, 5.41) is 5.00. The number of nitrogens with one attached hydrogen (secondary N) is 1. The Morgan fingerprint density at radius 1 is 1.03 bits per heavy atom. The van der Waals surface area contributed by atoms with Gasteiger partial charge >= 0.3 is 0 Å². The maximum atomic E-state index is 12.9. The number of carbonyl (C=O) groups is 1. The molecule has 0 saturated heterocycles. The van der Waals surface area contributed by atoms with Crippen LogP contribution in [0.15, 0.2) is 65.6 Å². The van der Waals surface area contributed by atoms with E-state index < -0.39 is 15.9 Å². The topological polar surface area (TPSA) is 75.7 Å². The van der Waals surface area contributed by atoms with Gasteiger partial charge in [-0.1, -0.05) is 61.8 Å². The Balaban J connectivity index is 1.80. The van der Waals surface area contributed by atoms with Crippen molar-refractivity contribution in [1.82, 2.24) is 4.31 Å². The van der Waals surface area contributed by atoms with Gasteiger partial charge in [-0.25, -0.2) is 8.42 Å². The summed E-state index contributed by atoms with van der Waals surface area (Å²) in [6, 6.07) is 17.6. The summed E-state index contributed by atoms with van der Waals surface area (Å²) in [5.41, 5.74) is 0.661. The molecule has 30 heavy (non-hydrogen) atoms. The molecule has 0 atom stereocenters. The number of anilines is 1. The number of amides is 1. The Labute approximate surface area is 181 Å². The Kier molecular flexibility index (Phi) is 6.97. The van der Waals surface area contributed by atoms with E-state index in [9.17, 15) is 13.2 Å². The summed E-state index contributed by atoms with van der Waals surface area (Å²) in [6.07, 6.45) is 0. The quantitative estimate of drug-likeness (QED) is 0.551. The molecule has 6 nitrogen and oxygen atoms in total. The van der Waals surface area contributed by atoms with Gasteiger partial charge < -0.3 is 10.1 Å². The number of rotatable bonds is 8. The minimum Gasteiger partial charge on any atom is -0.482 e. The lowest BCUT2D eigenvalue weighted by atomic mass is 10.1. The predicted octanol–water partition coefficient (Wildman–Crippen LogP) is 4.54. The summed E-state index contributed by atoms with van der Waals surface area (Å²) in [7, 11) is -3.80. The van der Waals surface area contributed by atoms with Crippen LogP contribution in [0.2, 0.25) is 5.02 Å². The fourth-order valence-electron chi connectivity index (χ4n) is 3.17. The minimum absolute atomic E-state index is 0.0586. The lowest BCUT2D eigenvalue weighted by Crippen LogP contribution is -2.31. The van der Waals surface area contributed by atoms with E-state index in [4.69, 9.17) is 16.3 Å². The SMILES string of the molecule is CCN(CC)S(=O)(=O)c1cc(Cl)ccc1OCC(=O)Nc1cccc2ccccc12. The molecule has 0 aliphatic rings. The van der Waals surface area contributed by atoms with Gasteiger partial charge in [0.25, 0.3) is 5.91 Å². The van der Waals surface area contributed by atoms with E-state index in [0.717, 1.165) is 10.8 Å². The van der Waals surface area contributed by atoms with Crippen molar-refractivity contribution in [2.24, 2.45) is 0 Å². The van der Waals surface area contributed by atoms with E-state index in [0.29, 0.717) is 18.8 Å². The van der Waals surface area contributed by atoms with Crippen LogP contribution in [0.3, 0.4) is 0 Å². The molecule has 8 heteroatoms. The van der Waals surface area contributed by atoms with Gasteiger partial charge in [0.2, 0.25) is 10.0 Å². The number of benzene rings is 3. The molecular weight excluding hydrogens is 424 g/mol. The zero-order valence-corrected chi connectivity index (χ0v) is 18.3. The first-order valence-corrected chi connectivity index (χ1v) is 11.4. The van der Waals surface area contributed by atoms with Gasteiger partial charge in [0.15, 0.2) is 6.61 Å². The number of hydrogen-bond donors (Lipinski definition) is 1. The second kappa shape index (κ2) is 9.47. The van der Waals surface area contributed by atoms with Crippen LogP contribution in [0.5, 0.6) is 5.75 Å². The lowest BCUT2D eigenvalue weighted by Gasteiger charge is -2.20. The maximum Gasteiger partial charge on any atom is 0.262 e. The zero-order chi connectivity index (χ0) is 21.7. The molecule has 3 aromatic carbocycles. The third-order valence-electron chi connectivity index (χ3n) is 4.65. The predicted molar refractivity (Wildman–Crippen MR) is 120 cm³/mol. The summed E-state index contributed by atoms with van der Waals surface area (Å²) in [4.78, 5) is 12.4. The lowest BCUT2D eigenvalue weighted by molar-refractivity contribution is -0.118. The number of carbonyl (C=O) groups excluding carboxylic acids is 1. The first-order chi connectivity index (χ1) is 14.4. The molecule has 0 unspecified atom stereocenters. The van der Waals surface area contributed by atoms with Gasteiger partial charge in [-0.3, -0.25) is 4.79 Å². The van der Waals surface area contributed by atoms with Gasteiger partial charge in [0, 0.05) is 29.2 Å². The summed E-state index contributed by atoms with van der Waals surface area (Å²) < 4.78 is 32.8. The first-order valence-electron chi connectivity index (χ1n) is 9.57. The maximum absolute atomic E-state index is 12.9. The number of ether oxygens (including phenoxy) is 1. The number of fused-ring (bicyclic) bond motifs is 1. The van der Waals surface area contributed by atoms with E-state index in [1.165, 1.54) is 22.5 Å². The fourth-order valence-corrected chi connectivity index (χ4v) is 5.02. The molecule has 0 bridgehead atoms. The van der Waals surface area contributed by atoms with Crippen LogP contribution in [0.1, 0.15) is 13.8 Å². The van der Waals surface area contributed by atoms with Crippen LogP contribution in [0, 0.1) is 0 Å². The molecule has 0 aliphatic heterocycles. The molecule has 1 amide bonds. The van der Waals surface area contributed by atoms with E-state index in [1.54, 1.807) is 19.9 Å². The zero-order valence-electron chi connectivity index (χ0n) is 16.8. The van der Waals surface area contributed by atoms with Crippen LogP contribution in [0.25, 0.3) is 10.8 Å². The van der Waals surface area contributed by atoms with Gasteiger partial charge in [-0.05, 0) is 29.7 Å². The highest BCUT2D eigenvalue weighted by atomic mass is 35.5. The van der Waals surface area contributed by atoms with Crippen molar-refractivity contribution in [3.63, 3.8) is 0 Å². The third-order valence-corrected chi connectivity index (χ3v) is 6.96. The molecule has 158 valence electrons. The Hall–Kier alpha value is -2.61. The number of hydrogen-bond acceptors (Lipinski definition) is 4. The fraction of sp³-hybridized carbons (Fsp3) is 0.227. The average Bonchev–Trinajstić information content (AvgIpc) is 2.74. The number of halogens is 1. The Bertz CT molecular complexity index is 1160. The molecule has 3 rings (SSSR count). The normalized spacial score (nSPS) is 11.6. The van der Waals surface area contributed by atoms with Gasteiger partial charge in [-0.2, -0.15) is 4.31 Å². The standard InChI is InChI=1S/C22H23ClN2O4S/c1-3-25(4-2)30(27,28)21-14-17(23)12-13-20(21)29-15-22(26)24-19-11-7-9-16-8-5-6-10-18(16)19/h5-14H,3-4,15H2,1-2H3,(H,24,26). The molecular formula is C22H23ClN2O4S. The van der Waals surface area contributed by atoms with E-state index >= 15 is 0 Å². The van der Waals surface area contributed by atoms with Crippen LogP contribution in [-0.4, -0.2) is 38.3 Å². The van der Waals surface area contributed by atoms with Crippen molar-refractivity contribution in [2.75, 3.05) is 25.0 Å². The van der Waals surface area contributed by atoms with E-state index in [-0.39, 0.29) is 22.3 Å². The highest BCUT2D eigenvalue weighted by Crippen LogP contribution is 2.30. The van der Waals surface area contributed by atoms with Crippen molar-refractivity contribution < 1.29 is 17.9 Å². The first kappa shape index (κ1) is 22.1. The number of sulfonamides is 1. The van der Waals surface area contributed by atoms with Crippen LogP contribution in [-0.2, 0) is 14.8 Å². The van der Waals surface area contributed by atoms with Crippen LogP contribution >= 0.6 is 11.6 Å². The van der Waals surface area contributed by atoms with E-state index in [1.807, 2.05) is 36.4 Å². The van der Waals surface area contributed by atoms with Crippen molar-refractivity contribution in [3.8, 4) is 5.75 Å². The molecule has 0 saturated carbocycles. The third kappa shape index (κ3) is 4.75. The van der Waals surface area contributed by atoms with Crippen molar-refractivity contribution in [2.45, 2.75) is 18.7 Å². The highest BCUT2D eigenvalue weighted by molar-refractivity contribution is 7.89. The second-order valence-corrected chi connectivity index (χ2v) is 8.89. The molecule has 0 fully saturated rings. The van der Waals surface area contributed by atoms with Crippen LogP contribution in [0.4, 0.5) is 5.69 Å².